The zero-order valence-electron chi connectivity index (χ0n) is 10.2. The third-order valence-electron chi connectivity index (χ3n) is 2.70. The zero-order valence-corrected chi connectivity index (χ0v) is 11.0. The van der Waals surface area contributed by atoms with E-state index in [4.69, 9.17) is 5.73 Å². The van der Waals surface area contributed by atoms with Gasteiger partial charge in [-0.25, -0.2) is 4.39 Å². The van der Waals surface area contributed by atoms with E-state index in [1.165, 1.54) is 6.07 Å². The summed E-state index contributed by atoms with van der Waals surface area (Å²) in [6, 6.07) is 16.7. The summed E-state index contributed by atoms with van der Waals surface area (Å²) in [7, 11) is 0. The van der Waals surface area contributed by atoms with Crippen LogP contribution in [0.2, 0.25) is 0 Å². The number of rotatable bonds is 4. The number of nitrogens with two attached hydrogens (primary N) is 1. The molecule has 0 saturated carbocycles. The number of thioether (sulfide) groups is 1. The van der Waals surface area contributed by atoms with Crippen molar-refractivity contribution in [2.45, 2.75) is 23.1 Å². The molecule has 0 fully saturated rings. The molecule has 2 aromatic carbocycles. The molecule has 0 radical (unpaired) electrons. The molecule has 3 heteroatoms. The van der Waals surface area contributed by atoms with Crippen LogP contribution in [0.1, 0.15) is 17.7 Å². The van der Waals surface area contributed by atoms with Crippen molar-refractivity contribution in [3.8, 4) is 0 Å². The van der Waals surface area contributed by atoms with Crippen LogP contribution in [0.15, 0.2) is 59.5 Å². The Morgan fingerprint density at radius 3 is 2.22 bits per heavy atom. The number of hydrogen-bond acceptors (Lipinski definition) is 2. The summed E-state index contributed by atoms with van der Waals surface area (Å²) in [5, 5.41) is -0.0754. The van der Waals surface area contributed by atoms with Gasteiger partial charge >= 0.3 is 0 Å². The lowest BCUT2D eigenvalue weighted by atomic mass is 10.1. The van der Waals surface area contributed by atoms with Crippen LogP contribution in [-0.2, 0) is 0 Å². The first-order valence-corrected chi connectivity index (χ1v) is 6.78. The van der Waals surface area contributed by atoms with Gasteiger partial charge in [0, 0.05) is 16.5 Å². The molecule has 0 aliphatic carbocycles. The van der Waals surface area contributed by atoms with Gasteiger partial charge in [-0.2, -0.15) is 0 Å². The van der Waals surface area contributed by atoms with Gasteiger partial charge in [-0.15, -0.1) is 11.8 Å². The van der Waals surface area contributed by atoms with Gasteiger partial charge in [0.25, 0.3) is 0 Å². The lowest BCUT2D eigenvalue weighted by Crippen LogP contribution is -2.23. The fourth-order valence-electron chi connectivity index (χ4n) is 1.81. The fraction of sp³-hybridized carbons (Fsp3) is 0.200. The van der Waals surface area contributed by atoms with Crippen LogP contribution < -0.4 is 5.73 Å². The Bertz CT molecular complexity index is 499. The first-order valence-electron chi connectivity index (χ1n) is 5.90. The summed E-state index contributed by atoms with van der Waals surface area (Å²) < 4.78 is 13.8. The monoisotopic (exact) mass is 261 g/mol. The first-order chi connectivity index (χ1) is 8.68. The maximum atomic E-state index is 13.8. The van der Waals surface area contributed by atoms with E-state index >= 15 is 0 Å². The Labute approximate surface area is 111 Å². The second-order valence-electron chi connectivity index (χ2n) is 4.23. The lowest BCUT2D eigenvalue weighted by Gasteiger charge is -2.21. The van der Waals surface area contributed by atoms with Gasteiger partial charge in [0.05, 0.1) is 5.25 Å². The average Bonchev–Trinajstić information content (AvgIpc) is 2.38. The molecule has 0 aliphatic heterocycles. The highest BCUT2D eigenvalue weighted by Crippen LogP contribution is 2.37. The summed E-state index contributed by atoms with van der Waals surface area (Å²) in [6.07, 6.45) is 0. The molecule has 0 saturated heterocycles. The molecule has 0 heterocycles. The van der Waals surface area contributed by atoms with Crippen molar-refractivity contribution < 1.29 is 4.39 Å². The molecule has 2 rings (SSSR count). The van der Waals surface area contributed by atoms with Crippen LogP contribution in [0.5, 0.6) is 0 Å². The third-order valence-corrected chi connectivity index (χ3v) is 4.18. The van der Waals surface area contributed by atoms with Gasteiger partial charge < -0.3 is 5.73 Å². The fourth-order valence-corrected chi connectivity index (χ4v) is 2.95. The van der Waals surface area contributed by atoms with Crippen molar-refractivity contribution in [3.63, 3.8) is 0 Å². The summed E-state index contributed by atoms with van der Waals surface area (Å²) in [4.78, 5) is 1.10. The zero-order chi connectivity index (χ0) is 13.0. The number of benzene rings is 2. The summed E-state index contributed by atoms with van der Waals surface area (Å²) in [5.74, 6) is -0.191. The smallest absolute Gasteiger partial charge is 0.127 e. The molecule has 0 aliphatic rings. The predicted molar refractivity (Wildman–Crippen MR) is 75.1 cm³/mol. The van der Waals surface area contributed by atoms with Crippen molar-refractivity contribution in [2.24, 2.45) is 5.73 Å². The van der Waals surface area contributed by atoms with E-state index < -0.39 is 0 Å². The van der Waals surface area contributed by atoms with E-state index in [1.54, 1.807) is 23.9 Å². The molecule has 2 atom stereocenters. The maximum absolute atomic E-state index is 13.8. The molecule has 0 bridgehead atoms. The van der Waals surface area contributed by atoms with Crippen LogP contribution in [0.3, 0.4) is 0 Å². The van der Waals surface area contributed by atoms with Gasteiger partial charge in [0.2, 0.25) is 0 Å². The van der Waals surface area contributed by atoms with E-state index in [1.807, 2.05) is 43.3 Å². The van der Waals surface area contributed by atoms with Crippen molar-refractivity contribution in [2.75, 3.05) is 0 Å². The minimum atomic E-state index is -0.191. The Morgan fingerprint density at radius 2 is 1.61 bits per heavy atom. The van der Waals surface area contributed by atoms with Crippen molar-refractivity contribution in [1.82, 2.24) is 0 Å². The number of halogens is 1. The molecule has 18 heavy (non-hydrogen) atoms. The highest BCUT2D eigenvalue weighted by Gasteiger charge is 2.20. The first kappa shape index (κ1) is 13.1. The summed E-state index contributed by atoms with van der Waals surface area (Å²) >= 11 is 1.60. The molecule has 0 spiro atoms. The molecule has 1 nitrogen and oxygen atoms in total. The topological polar surface area (TPSA) is 26.0 Å². The van der Waals surface area contributed by atoms with Crippen LogP contribution >= 0.6 is 11.8 Å². The summed E-state index contributed by atoms with van der Waals surface area (Å²) in [5.41, 5.74) is 6.67. The number of hydrogen-bond donors (Lipinski definition) is 1. The van der Waals surface area contributed by atoms with Crippen LogP contribution in [0, 0.1) is 5.82 Å². The van der Waals surface area contributed by atoms with Gasteiger partial charge in [0.1, 0.15) is 5.82 Å². The minimum absolute atomic E-state index is 0.0754. The Hall–Kier alpha value is -1.32. The molecule has 2 unspecified atom stereocenters. The predicted octanol–water partition coefficient (Wildman–Crippen LogP) is 4.01. The SMILES string of the molecule is CC(N)C(Sc1ccccc1)c1ccccc1F. The Morgan fingerprint density at radius 1 is 1.00 bits per heavy atom. The molecule has 2 N–H and O–H groups in total. The van der Waals surface area contributed by atoms with Crippen molar-refractivity contribution >= 4 is 11.8 Å². The standard InChI is InChI=1S/C15H16FNS/c1-11(17)15(13-9-5-6-10-14(13)16)18-12-7-3-2-4-8-12/h2-11,15H,17H2,1H3. The molecular weight excluding hydrogens is 245 g/mol. The van der Waals surface area contributed by atoms with Gasteiger partial charge in [-0.1, -0.05) is 36.4 Å². The van der Waals surface area contributed by atoms with E-state index in [-0.39, 0.29) is 17.1 Å². The molecule has 2 aromatic rings. The van der Waals surface area contributed by atoms with E-state index in [9.17, 15) is 4.39 Å². The van der Waals surface area contributed by atoms with E-state index in [0.29, 0.717) is 5.56 Å². The highest BCUT2D eigenvalue weighted by atomic mass is 32.2. The van der Waals surface area contributed by atoms with Crippen molar-refractivity contribution in [1.29, 1.82) is 0 Å². The van der Waals surface area contributed by atoms with Crippen LogP contribution in [-0.4, -0.2) is 6.04 Å². The quantitative estimate of drug-likeness (QED) is 0.842. The van der Waals surface area contributed by atoms with E-state index in [0.717, 1.165) is 4.90 Å². The van der Waals surface area contributed by atoms with Gasteiger partial charge in [0.15, 0.2) is 0 Å². The Balaban J connectivity index is 2.27. The highest BCUT2D eigenvalue weighted by molar-refractivity contribution is 7.99. The maximum Gasteiger partial charge on any atom is 0.127 e. The third kappa shape index (κ3) is 3.12. The van der Waals surface area contributed by atoms with E-state index in [2.05, 4.69) is 0 Å². The van der Waals surface area contributed by atoms with Crippen LogP contribution in [0.25, 0.3) is 0 Å². The molecule has 94 valence electrons. The minimum Gasteiger partial charge on any atom is -0.327 e. The largest absolute Gasteiger partial charge is 0.327 e. The average molecular weight is 261 g/mol. The second-order valence-corrected chi connectivity index (χ2v) is 5.45. The Kier molecular flexibility index (Phi) is 4.39. The second kappa shape index (κ2) is 6.03. The normalized spacial score (nSPS) is 14.2. The van der Waals surface area contributed by atoms with Gasteiger partial charge in [-0.3, -0.25) is 0 Å². The molecule has 0 aromatic heterocycles. The van der Waals surface area contributed by atoms with Crippen molar-refractivity contribution in [3.05, 3.63) is 66.0 Å². The van der Waals surface area contributed by atoms with Crippen LogP contribution in [0.4, 0.5) is 4.39 Å². The summed E-state index contributed by atoms with van der Waals surface area (Å²) in [6.45, 7) is 1.91. The molecule has 0 amide bonds. The molecular formula is C15H16FNS. The van der Waals surface area contributed by atoms with Gasteiger partial charge in [-0.05, 0) is 25.1 Å². The lowest BCUT2D eigenvalue weighted by molar-refractivity contribution is 0.592.